The second-order valence-corrected chi connectivity index (χ2v) is 7.81. The summed E-state index contributed by atoms with van der Waals surface area (Å²) < 4.78 is 5.50. The summed E-state index contributed by atoms with van der Waals surface area (Å²) in [4.78, 5) is 8.45. The van der Waals surface area contributed by atoms with Crippen LogP contribution in [0.1, 0.15) is 37.1 Å². The third-order valence-corrected chi connectivity index (χ3v) is 5.95. The predicted octanol–water partition coefficient (Wildman–Crippen LogP) is 1.59. The van der Waals surface area contributed by atoms with Crippen LogP contribution >= 0.6 is 11.3 Å². The van der Waals surface area contributed by atoms with Gasteiger partial charge in [-0.25, -0.2) is 0 Å². The van der Waals surface area contributed by atoms with Gasteiger partial charge in [0.15, 0.2) is 5.96 Å². The molecule has 2 fully saturated rings. The molecular formula is C18H30N4O2S. The molecule has 2 aliphatic rings. The number of nitrogens with zero attached hydrogens (tertiary/aromatic N) is 2. The molecule has 1 aromatic heterocycles. The van der Waals surface area contributed by atoms with Gasteiger partial charge in [0.05, 0.1) is 31.4 Å². The van der Waals surface area contributed by atoms with Crippen molar-refractivity contribution in [3.63, 3.8) is 0 Å². The number of ether oxygens (including phenoxy) is 1. The van der Waals surface area contributed by atoms with Gasteiger partial charge >= 0.3 is 0 Å². The van der Waals surface area contributed by atoms with Crippen molar-refractivity contribution < 1.29 is 9.84 Å². The van der Waals surface area contributed by atoms with Crippen LogP contribution in [-0.4, -0.2) is 67.5 Å². The number of morpholine rings is 1. The number of hydrogen-bond acceptors (Lipinski definition) is 5. The molecule has 3 rings (SSSR count). The van der Waals surface area contributed by atoms with Gasteiger partial charge in [0.2, 0.25) is 0 Å². The molecule has 1 unspecified atom stereocenters. The zero-order chi connectivity index (χ0) is 17.5. The van der Waals surface area contributed by atoms with Gasteiger partial charge in [-0.1, -0.05) is 6.07 Å². The molecule has 2 heterocycles. The quantitative estimate of drug-likeness (QED) is 0.505. The van der Waals surface area contributed by atoms with E-state index in [0.717, 1.165) is 64.6 Å². The Morgan fingerprint density at radius 2 is 2.20 bits per heavy atom. The Morgan fingerprint density at radius 1 is 1.40 bits per heavy atom. The topological polar surface area (TPSA) is 69.1 Å². The van der Waals surface area contributed by atoms with Crippen LogP contribution in [0.5, 0.6) is 0 Å². The highest BCUT2D eigenvalue weighted by atomic mass is 32.1. The van der Waals surface area contributed by atoms with Crippen molar-refractivity contribution in [3.8, 4) is 0 Å². The van der Waals surface area contributed by atoms with Crippen molar-refractivity contribution in [3.05, 3.63) is 22.4 Å². The monoisotopic (exact) mass is 366 g/mol. The van der Waals surface area contributed by atoms with E-state index in [4.69, 9.17) is 4.74 Å². The predicted molar refractivity (Wildman–Crippen MR) is 102 cm³/mol. The summed E-state index contributed by atoms with van der Waals surface area (Å²) in [6, 6.07) is 4.63. The van der Waals surface area contributed by atoms with E-state index in [0.29, 0.717) is 12.6 Å². The molecule has 25 heavy (non-hydrogen) atoms. The van der Waals surface area contributed by atoms with E-state index in [1.165, 1.54) is 4.88 Å². The number of nitrogens with one attached hydrogen (secondary N) is 2. The van der Waals surface area contributed by atoms with Gasteiger partial charge in [-0.15, -0.1) is 11.3 Å². The summed E-state index contributed by atoms with van der Waals surface area (Å²) in [5.74, 6) is 0.789. The lowest BCUT2D eigenvalue weighted by Gasteiger charge is -2.35. The number of thiophene rings is 1. The lowest BCUT2D eigenvalue weighted by molar-refractivity contribution is -0.0236. The summed E-state index contributed by atoms with van der Waals surface area (Å²) in [7, 11) is 0. The highest BCUT2D eigenvalue weighted by Gasteiger charge is 2.34. The SMILES string of the molecule is CCNC(=NCC1(O)CCC1)NCC(c1cccs1)N1CCOCC1. The molecule has 1 aliphatic carbocycles. The Hall–Kier alpha value is -1.15. The molecule has 1 aliphatic heterocycles. The fourth-order valence-electron chi connectivity index (χ4n) is 3.28. The first-order chi connectivity index (χ1) is 12.2. The average Bonchev–Trinajstić information content (AvgIpc) is 3.13. The molecule has 0 aromatic carbocycles. The van der Waals surface area contributed by atoms with Crippen molar-refractivity contribution in [2.24, 2.45) is 4.99 Å². The number of rotatable bonds is 7. The van der Waals surface area contributed by atoms with Crippen molar-refractivity contribution in [2.75, 3.05) is 45.9 Å². The normalized spacial score (nSPS) is 22.2. The van der Waals surface area contributed by atoms with Crippen LogP contribution in [-0.2, 0) is 4.74 Å². The summed E-state index contributed by atoms with van der Waals surface area (Å²) in [6.07, 6.45) is 2.83. The average molecular weight is 367 g/mol. The van der Waals surface area contributed by atoms with Gasteiger partial charge < -0.3 is 20.5 Å². The number of hydrogen-bond donors (Lipinski definition) is 3. The van der Waals surface area contributed by atoms with Crippen LogP contribution in [0, 0.1) is 0 Å². The Labute approximate surface area is 154 Å². The molecule has 0 amide bonds. The Balaban J connectivity index is 1.62. The minimum absolute atomic E-state index is 0.319. The molecular weight excluding hydrogens is 336 g/mol. The zero-order valence-electron chi connectivity index (χ0n) is 15.0. The lowest BCUT2D eigenvalue weighted by atomic mass is 9.80. The molecule has 1 atom stereocenters. The van der Waals surface area contributed by atoms with E-state index < -0.39 is 5.60 Å². The molecule has 6 nitrogen and oxygen atoms in total. The van der Waals surface area contributed by atoms with Crippen LogP contribution in [0.2, 0.25) is 0 Å². The highest BCUT2D eigenvalue weighted by Crippen LogP contribution is 2.31. The Kier molecular flexibility index (Phi) is 6.70. The zero-order valence-corrected chi connectivity index (χ0v) is 15.9. The van der Waals surface area contributed by atoms with Crippen molar-refractivity contribution in [1.29, 1.82) is 0 Å². The summed E-state index contributed by atoms with van der Waals surface area (Å²) in [5, 5.41) is 19.2. The second-order valence-electron chi connectivity index (χ2n) is 6.83. The maximum Gasteiger partial charge on any atom is 0.191 e. The van der Waals surface area contributed by atoms with Gasteiger partial charge in [0.25, 0.3) is 0 Å². The third kappa shape index (κ3) is 5.17. The minimum Gasteiger partial charge on any atom is -0.388 e. The van der Waals surface area contributed by atoms with E-state index in [1.54, 1.807) is 11.3 Å². The van der Waals surface area contributed by atoms with Gasteiger partial charge in [-0.3, -0.25) is 9.89 Å². The maximum absolute atomic E-state index is 10.3. The molecule has 0 spiro atoms. The molecule has 0 radical (unpaired) electrons. The number of aliphatic imine (C=N–C) groups is 1. The van der Waals surface area contributed by atoms with Gasteiger partial charge in [-0.2, -0.15) is 0 Å². The Morgan fingerprint density at radius 3 is 2.80 bits per heavy atom. The van der Waals surface area contributed by atoms with E-state index in [-0.39, 0.29) is 0 Å². The first-order valence-corrected chi connectivity index (χ1v) is 10.2. The van der Waals surface area contributed by atoms with E-state index in [9.17, 15) is 5.11 Å². The molecule has 1 saturated carbocycles. The van der Waals surface area contributed by atoms with Gasteiger partial charge in [0.1, 0.15) is 0 Å². The molecule has 0 bridgehead atoms. The first-order valence-electron chi connectivity index (χ1n) is 9.30. The lowest BCUT2D eigenvalue weighted by Crippen LogP contribution is -2.47. The fraction of sp³-hybridized carbons (Fsp3) is 0.722. The van der Waals surface area contributed by atoms with Gasteiger partial charge in [-0.05, 0) is 37.6 Å². The molecule has 1 aromatic rings. The van der Waals surface area contributed by atoms with Crippen LogP contribution in [0.4, 0.5) is 0 Å². The Bertz CT molecular complexity index is 539. The van der Waals surface area contributed by atoms with Crippen molar-refractivity contribution in [1.82, 2.24) is 15.5 Å². The van der Waals surface area contributed by atoms with Crippen LogP contribution < -0.4 is 10.6 Å². The highest BCUT2D eigenvalue weighted by molar-refractivity contribution is 7.10. The van der Waals surface area contributed by atoms with E-state index in [1.807, 2.05) is 0 Å². The van der Waals surface area contributed by atoms with E-state index >= 15 is 0 Å². The smallest absolute Gasteiger partial charge is 0.191 e. The van der Waals surface area contributed by atoms with Crippen molar-refractivity contribution in [2.45, 2.75) is 37.8 Å². The third-order valence-electron chi connectivity index (χ3n) is 4.98. The summed E-state index contributed by atoms with van der Waals surface area (Å²) in [5.41, 5.74) is -0.584. The van der Waals surface area contributed by atoms with Crippen molar-refractivity contribution >= 4 is 17.3 Å². The fourth-order valence-corrected chi connectivity index (χ4v) is 4.14. The first kappa shape index (κ1) is 18.6. The van der Waals surface area contributed by atoms with Crippen LogP contribution in [0.15, 0.2) is 22.5 Å². The van der Waals surface area contributed by atoms with Gasteiger partial charge in [0, 0.05) is 31.1 Å². The van der Waals surface area contributed by atoms with Crippen LogP contribution in [0.3, 0.4) is 0 Å². The molecule has 1 saturated heterocycles. The summed E-state index contributed by atoms with van der Waals surface area (Å²) >= 11 is 1.80. The number of guanidine groups is 1. The van der Waals surface area contributed by atoms with E-state index in [2.05, 4.69) is 45.0 Å². The molecule has 3 N–H and O–H groups in total. The number of aliphatic hydroxyl groups is 1. The standard InChI is InChI=1S/C18H30N4O2S/c1-2-19-17(21-14-18(23)6-4-7-18)20-13-15(16-5-3-12-25-16)22-8-10-24-11-9-22/h3,5,12,15,23H,2,4,6-11,13-14H2,1H3,(H2,19,20,21). The van der Waals surface area contributed by atoms with Crippen LogP contribution in [0.25, 0.3) is 0 Å². The maximum atomic E-state index is 10.3. The molecule has 140 valence electrons. The largest absolute Gasteiger partial charge is 0.388 e. The second kappa shape index (κ2) is 8.98. The minimum atomic E-state index is -0.584. The summed E-state index contributed by atoms with van der Waals surface area (Å²) in [6.45, 7) is 7.65. The molecule has 7 heteroatoms.